The Morgan fingerprint density at radius 2 is 1.95 bits per heavy atom. The third kappa shape index (κ3) is 3.75. The molecule has 3 amide bonds. The van der Waals surface area contributed by atoms with Gasteiger partial charge in [0, 0.05) is 19.6 Å². The molecule has 1 aliphatic heterocycles. The summed E-state index contributed by atoms with van der Waals surface area (Å²) in [5.41, 5.74) is 6.16. The van der Waals surface area contributed by atoms with Crippen LogP contribution in [0.4, 0.5) is 4.79 Å². The lowest BCUT2D eigenvalue weighted by Crippen LogP contribution is -2.60. The number of hydrogen-bond donors (Lipinski definition) is 2. The summed E-state index contributed by atoms with van der Waals surface area (Å²) in [6.45, 7) is 0.852. The fourth-order valence-electron chi connectivity index (χ4n) is 2.37. The number of carboxylic acids is 1. The first-order valence-electron chi connectivity index (χ1n) is 7.09. The molecule has 1 heterocycles. The number of carboxylic acid groups (broad SMARTS) is 1. The Labute approximate surface area is 128 Å². The highest BCUT2D eigenvalue weighted by Crippen LogP contribution is 2.20. The van der Waals surface area contributed by atoms with Gasteiger partial charge >= 0.3 is 12.0 Å². The number of likely N-dealkylation sites (tertiary alicyclic amines) is 1. The molecule has 0 aliphatic carbocycles. The van der Waals surface area contributed by atoms with Crippen LogP contribution in [-0.2, 0) is 16.1 Å². The van der Waals surface area contributed by atoms with E-state index in [2.05, 4.69) is 0 Å². The van der Waals surface area contributed by atoms with Crippen molar-refractivity contribution in [1.82, 2.24) is 9.80 Å². The molecular formula is C15H19N3O4. The molecule has 2 rings (SSSR count). The molecule has 0 spiro atoms. The average Bonchev–Trinajstić information content (AvgIpc) is 2.42. The molecule has 22 heavy (non-hydrogen) atoms. The van der Waals surface area contributed by atoms with Crippen molar-refractivity contribution >= 4 is 17.9 Å². The minimum Gasteiger partial charge on any atom is -0.481 e. The molecule has 1 fully saturated rings. The van der Waals surface area contributed by atoms with E-state index in [1.165, 1.54) is 9.80 Å². The number of nitrogens with zero attached hydrogens (tertiary/aromatic N) is 2. The monoisotopic (exact) mass is 305 g/mol. The SMILES string of the molecule is NC(=O)C1CCN1C(=O)N(CCC(=O)O)Cc1ccccc1. The molecule has 3 N–H and O–H groups in total. The van der Waals surface area contributed by atoms with Gasteiger partial charge in [0.25, 0.3) is 0 Å². The van der Waals surface area contributed by atoms with Gasteiger partial charge in [-0.05, 0) is 12.0 Å². The fraction of sp³-hybridized carbons (Fsp3) is 0.400. The molecule has 118 valence electrons. The highest BCUT2D eigenvalue weighted by atomic mass is 16.4. The lowest BCUT2D eigenvalue weighted by atomic mass is 10.0. The van der Waals surface area contributed by atoms with Crippen molar-refractivity contribution in [3.05, 3.63) is 35.9 Å². The predicted molar refractivity (Wildman–Crippen MR) is 78.8 cm³/mol. The van der Waals surface area contributed by atoms with Crippen LogP contribution in [0.5, 0.6) is 0 Å². The van der Waals surface area contributed by atoms with Gasteiger partial charge in [-0.15, -0.1) is 0 Å². The van der Waals surface area contributed by atoms with E-state index in [9.17, 15) is 14.4 Å². The fourth-order valence-corrected chi connectivity index (χ4v) is 2.37. The van der Waals surface area contributed by atoms with Crippen molar-refractivity contribution in [3.63, 3.8) is 0 Å². The van der Waals surface area contributed by atoms with E-state index in [1.807, 2.05) is 30.3 Å². The molecule has 1 unspecified atom stereocenters. The van der Waals surface area contributed by atoms with E-state index >= 15 is 0 Å². The second-order valence-corrected chi connectivity index (χ2v) is 5.23. The first-order valence-corrected chi connectivity index (χ1v) is 7.09. The highest BCUT2D eigenvalue weighted by Gasteiger charge is 2.38. The zero-order valence-electron chi connectivity index (χ0n) is 12.1. The second-order valence-electron chi connectivity index (χ2n) is 5.23. The Hall–Kier alpha value is -2.57. The number of rotatable bonds is 6. The van der Waals surface area contributed by atoms with Gasteiger partial charge in [0.2, 0.25) is 5.91 Å². The molecule has 1 aromatic rings. The minimum absolute atomic E-state index is 0.0883. The van der Waals surface area contributed by atoms with Gasteiger partial charge in [-0.25, -0.2) is 4.79 Å². The van der Waals surface area contributed by atoms with Crippen LogP contribution in [-0.4, -0.2) is 51.9 Å². The molecule has 0 bridgehead atoms. The number of benzene rings is 1. The van der Waals surface area contributed by atoms with Crippen LogP contribution in [0.15, 0.2) is 30.3 Å². The van der Waals surface area contributed by atoms with Crippen molar-refractivity contribution in [1.29, 1.82) is 0 Å². The van der Waals surface area contributed by atoms with E-state index in [-0.39, 0.29) is 19.0 Å². The van der Waals surface area contributed by atoms with Crippen molar-refractivity contribution in [3.8, 4) is 0 Å². The van der Waals surface area contributed by atoms with Crippen LogP contribution in [0, 0.1) is 0 Å². The van der Waals surface area contributed by atoms with Gasteiger partial charge in [-0.3, -0.25) is 9.59 Å². The first-order chi connectivity index (χ1) is 10.5. The first kappa shape index (κ1) is 15.8. The maximum absolute atomic E-state index is 12.5. The molecule has 7 heteroatoms. The number of aliphatic carboxylic acids is 1. The summed E-state index contributed by atoms with van der Waals surface area (Å²) in [5, 5.41) is 8.83. The third-order valence-corrected chi connectivity index (χ3v) is 3.68. The lowest BCUT2D eigenvalue weighted by Gasteiger charge is -2.41. The van der Waals surface area contributed by atoms with E-state index in [4.69, 9.17) is 10.8 Å². The maximum Gasteiger partial charge on any atom is 0.321 e. The Balaban J connectivity index is 2.07. The average molecular weight is 305 g/mol. The van der Waals surface area contributed by atoms with Gasteiger partial charge in [0.15, 0.2) is 0 Å². The largest absolute Gasteiger partial charge is 0.481 e. The van der Waals surface area contributed by atoms with Crippen LogP contribution < -0.4 is 5.73 Å². The normalized spacial score (nSPS) is 16.7. The molecule has 0 aromatic heterocycles. The summed E-state index contributed by atoms with van der Waals surface area (Å²) in [7, 11) is 0. The molecule has 1 atom stereocenters. The van der Waals surface area contributed by atoms with Crippen LogP contribution >= 0.6 is 0 Å². The molecule has 0 saturated carbocycles. The highest BCUT2D eigenvalue weighted by molar-refractivity contribution is 5.87. The molecular weight excluding hydrogens is 286 g/mol. The predicted octanol–water partition coefficient (Wildman–Crippen LogP) is 0.643. The zero-order chi connectivity index (χ0) is 16.1. The summed E-state index contributed by atoms with van der Waals surface area (Å²) >= 11 is 0. The van der Waals surface area contributed by atoms with Crippen molar-refractivity contribution in [2.45, 2.75) is 25.4 Å². The molecule has 1 saturated heterocycles. The minimum atomic E-state index is -0.971. The number of carbonyl (C=O) groups excluding carboxylic acids is 2. The number of nitrogens with two attached hydrogens (primary N) is 1. The van der Waals surface area contributed by atoms with Gasteiger partial charge in [0.1, 0.15) is 6.04 Å². The summed E-state index contributed by atoms with van der Waals surface area (Å²) < 4.78 is 0. The second kappa shape index (κ2) is 6.93. The summed E-state index contributed by atoms with van der Waals surface area (Å²) in [4.78, 5) is 37.4. The summed E-state index contributed by atoms with van der Waals surface area (Å²) in [5.74, 6) is -1.50. The summed E-state index contributed by atoms with van der Waals surface area (Å²) in [6.07, 6.45) is 0.410. The Kier molecular flexibility index (Phi) is 4.98. The molecule has 1 aliphatic rings. The van der Waals surface area contributed by atoms with E-state index in [1.54, 1.807) is 0 Å². The van der Waals surface area contributed by atoms with Crippen LogP contribution in [0.1, 0.15) is 18.4 Å². The maximum atomic E-state index is 12.5. The van der Waals surface area contributed by atoms with Crippen molar-refractivity contribution in [2.75, 3.05) is 13.1 Å². The quantitative estimate of drug-likeness (QED) is 0.805. The molecule has 1 aromatic carbocycles. The lowest BCUT2D eigenvalue weighted by molar-refractivity contribution is -0.137. The smallest absolute Gasteiger partial charge is 0.321 e. The number of amides is 3. The Morgan fingerprint density at radius 3 is 2.45 bits per heavy atom. The van der Waals surface area contributed by atoms with E-state index in [0.717, 1.165) is 5.56 Å². The molecule has 0 radical (unpaired) electrons. The number of carbonyl (C=O) groups is 3. The standard InChI is InChI=1S/C15H19N3O4/c16-14(21)12-6-9-18(12)15(22)17(8-7-13(19)20)10-11-4-2-1-3-5-11/h1-5,12H,6-10H2,(H2,16,21)(H,19,20). The van der Waals surface area contributed by atoms with Crippen molar-refractivity contribution < 1.29 is 19.5 Å². The van der Waals surface area contributed by atoms with Gasteiger partial charge in [-0.1, -0.05) is 30.3 Å². The van der Waals surface area contributed by atoms with Gasteiger partial charge < -0.3 is 20.6 Å². The van der Waals surface area contributed by atoms with Crippen LogP contribution in [0.3, 0.4) is 0 Å². The number of primary amides is 1. The Morgan fingerprint density at radius 1 is 1.27 bits per heavy atom. The summed E-state index contributed by atoms with van der Waals surface area (Å²) in [6, 6.07) is 8.36. The topological polar surface area (TPSA) is 104 Å². The van der Waals surface area contributed by atoms with Gasteiger partial charge in [0.05, 0.1) is 6.42 Å². The third-order valence-electron chi connectivity index (χ3n) is 3.68. The van der Waals surface area contributed by atoms with E-state index < -0.39 is 17.9 Å². The van der Waals surface area contributed by atoms with E-state index in [0.29, 0.717) is 19.5 Å². The van der Waals surface area contributed by atoms with Crippen LogP contribution in [0.2, 0.25) is 0 Å². The van der Waals surface area contributed by atoms with Crippen LogP contribution in [0.25, 0.3) is 0 Å². The number of hydrogen-bond acceptors (Lipinski definition) is 3. The Bertz CT molecular complexity index is 561. The van der Waals surface area contributed by atoms with Crippen molar-refractivity contribution in [2.24, 2.45) is 5.73 Å². The van der Waals surface area contributed by atoms with Gasteiger partial charge in [-0.2, -0.15) is 0 Å². The molecule has 7 nitrogen and oxygen atoms in total. The zero-order valence-corrected chi connectivity index (χ0v) is 12.1. The number of urea groups is 1.